The summed E-state index contributed by atoms with van der Waals surface area (Å²) >= 11 is 0. The first-order valence-corrected chi connectivity index (χ1v) is 42.5. The maximum atomic E-state index is 6.59. The Morgan fingerprint density at radius 2 is 0.405 bits per heavy atom. The molecule has 0 aliphatic rings. The number of benzene rings is 18. The molecule has 0 unspecified atom stereocenters. The van der Waals surface area contributed by atoms with Crippen molar-refractivity contribution in [2.24, 2.45) is 0 Å². The molecule has 0 aliphatic carbocycles. The minimum absolute atomic E-state index is 0.690. The van der Waals surface area contributed by atoms with E-state index in [1.54, 1.807) is 0 Å². The van der Waals surface area contributed by atoms with Crippen molar-refractivity contribution in [3.63, 3.8) is 0 Å². The van der Waals surface area contributed by atoms with E-state index in [1.165, 1.54) is 16.3 Å². The molecular formula is C118H74N6O2. The minimum Gasteiger partial charge on any atom is -0.456 e. The number of fused-ring (bicyclic) bond motifs is 12. The molecule has 0 bridgehead atoms. The van der Waals surface area contributed by atoms with Gasteiger partial charge in [-0.3, -0.25) is 0 Å². The molecule has 0 saturated carbocycles. The third kappa shape index (κ3) is 13.8. The molecule has 8 nitrogen and oxygen atoms in total. The molecular weight excluding hydrogens is 1530 g/mol. The predicted molar refractivity (Wildman–Crippen MR) is 520 cm³/mol. The Morgan fingerprint density at radius 3 is 0.786 bits per heavy atom. The van der Waals surface area contributed by atoms with Gasteiger partial charge in [0.05, 0.1) is 45.2 Å². The van der Waals surface area contributed by atoms with Crippen LogP contribution in [0, 0.1) is 0 Å². The summed E-state index contributed by atoms with van der Waals surface area (Å²) in [5.74, 6) is 1.38. The van der Waals surface area contributed by atoms with Crippen LogP contribution in [0.4, 0.5) is 0 Å². The Balaban J connectivity index is 0.000000145. The first-order valence-electron chi connectivity index (χ1n) is 42.5. The molecule has 126 heavy (non-hydrogen) atoms. The van der Waals surface area contributed by atoms with E-state index in [0.717, 1.165) is 216 Å². The normalized spacial score (nSPS) is 11.5. The minimum atomic E-state index is 0.690. The smallest absolute Gasteiger partial charge is 0.160 e. The highest BCUT2D eigenvalue weighted by molar-refractivity contribution is 6.29. The second-order valence-corrected chi connectivity index (χ2v) is 31.8. The summed E-state index contributed by atoms with van der Waals surface area (Å²) in [6.45, 7) is 0. The van der Waals surface area contributed by atoms with Crippen LogP contribution < -0.4 is 0 Å². The molecule has 0 atom stereocenters. The molecule has 0 spiro atoms. The lowest BCUT2D eigenvalue weighted by Crippen LogP contribution is -1.96. The van der Waals surface area contributed by atoms with Crippen LogP contribution in [0.1, 0.15) is 0 Å². The fourth-order valence-corrected chi connectivity index (χ4v) is 18.0. The van der Waals surface area contributed by atoms with E-state index in [-0.39, 0.29) is 0 Å². The largest absolute Gasteiger partial charge is 0.456 e. The zero-order chi connectivity index (χ0) is 83.4. The van der Waals surface area contributed by atoms with Crippen LogP contribution in [-0.4, -0.2) is 29.9 Å². The Bertz CT molecular complexity index is 8240. The zero-order valence-corrected chi connectivity index (χ0v) is 68.2. The van der Waals surface area contributed by atoms with Crippen molar-refractivity contribution in [3.8, 4) is 157 Å². The van der Waals surface area contributed by atoms with E-state index in [2.05, 4.69) is 388 Å². The van der Waals surface area contributed by atoms with Gasteiger partial charge in [-0.05, 0) is 110 Å². The standard InChI is InChI=1S/2C59H37N3O/c1-4-15-38(16-5-1)45-21-14-22-46(35-45)59-61-51(41-17-6-2-7-18-41)37-52(62-59)42-31-27-39(28-32-42)40-29-33-44(34-30-40)58-49-36-54-57(48-24-11-13-26-53(48)63-54)55(43-19-8-3-9-20-43)56(49)47-23-10-12-25-50(47)60-58;1-4-14-38(15-5-1)39-28-34-46(35-29-39)59-61-51(42-16-6-2-7-17-42)37-52(62-59)43-30-24-40(25-31-43)41-26-32-45(33-27-41)58-49-36-54-57(48-21-11-13-23-53(48)63-54)55(44-18-8-3-9-19-44)56(49)47-20-10-12-22-50(47)60-58/h2*1-37H. The molecule has 0 amide bonds. The van der Waals surface area contributed by atoms with Gasteiger partial charge in [-0.15, -0.1) is 0 Å². The van der Waals surface area contributed by atoms with E-state index in [9.17, 15) is 0 Å². The molecule has 6 aromatic heterocycles. The third-order valence-corrected chi connectivity index (χ3v) is 24.2. The molecule has 0 radical (unpaired) electrons. The lowest BCUT2D eigenvalue weighted by atomic mass is 9.89. The molecule has 24 aromatic rings. The number of para-hydroxylation sites is 4. The zero-order valence-electron chi connectivity index (χ0n) is 68.2. The number of aromatic nitrogens is 6. The van der Waals surface area contributed by atoms with Crippen LogP contribution in [0.2, 0.25) is 0 Å². The molecule has 0 N–H and O–H groups in total. The molecule has 8 heteroatoms. The summed E-state index contributed by atoms with van der Waals surface area (Å²) in [4.78, 5) is 31.1. The van der Waals surface area contributed by atoms with E-state index in [1.807, 2.05) is 60.7 Å². The van der Waals surface area contributed by atoms with Crippen LogP contribution in [0.15, 0.2) is 458 Å². The van der Waals surface area contributed by atoms with Crippen molar-refractivity contribution in [2.75, 3.05) is 0 Å². The lowest BCUT2D eigenvalue weighted by Gasteiger charge is -2.16. The van der Waals surface area contributed by atoms with Gasteiger partial charge in [0, 0.05) is 109 Å². The second-order valence-electron chi connectivity index (χ2n) is 31.8. The number of rotatable bonds is 14. The van der Waals surface area contributed by atoms with E-state index in [0.29, 0.717) is 11.6 Å². The van der Waals surface area contributed by atoms with Gasteiger partial charge in [0.1, 0.15) is 22.3 Å². The third-order valence-electron chi connectivity index (χ3n) is 24.2. The van der Waals surface area contributed by atoms with Gasteiger partial charge in [0.15, 0.2) is 11.6 Å². The fraction of sp³-hybridized carbons (Fsp3) is 0. The highest BCUT2D eigenvalue weighted by Gasteiger charge is 2.26. The summed E-state index contributed by atoms with van der Waals surface area (Å²) in [5.41, 5.74) is 32.6. The Labute approximate surface area is 727 Å². The fourth-order valence-electron chi connectivity index (χ4n) is 18.0. The second kappa shape index (κ2) is 31.9. The Kier molecular flexibility index (Phi) is 18.8. The molecule has 0 aliphatic heterocycles. The van der Waals surface area contributed by atoms with E-state index >= 15 is 0 Å². The lowest BCUT2D eigenvalue weighted by molar-refractivity contribution is 0.669. The molecule has 6 heterocycles. The van der Waals surface area contributed by atoms with Crippen LogP contribution in [-0.2, 0) is 0 Å². The molecule has 18 aromatic carbocycles. The molecule has 588 valence electrons. The molecule has 0 saturated heterocycles. The van der Waals surface area contributed by atoms with Gasteiger partial charge < -0.3 is 8.83 Å². The van der Waals surface area contributed by atoms with E-state index in [4.69, 9.17) is 38.7 Å². The molecule has 24 rings (SSSR count). The summed E-state index contributed by atoms with van der Waals surface area (Å²) in [7, 11) is 0. The quantitative estimate of drug-likeness (QED) is 0.0992. The van der Waals surface area contributed by atoms with Gasteiger partial charge in [-0.2, -0.15) is 0 Å². The van der Waals surface area contributed by atoms with Gasteiger partial charge in [-0.1, -0.05) is 394 Å². The maximum Gasteiger partial charge on any atom is 0.160 e. The molecule has 0 fully saturated rings. The van der Waals surface area contributed by atoms with Crippen LogP contribution in [0.3, 0.4) is 0 Å². The number of hydrogen-bond donors (Lipinski definition) is 0. The van der Waals surface area contributed by atoms with Crippen LogP contribution >= 0.6 is 0 Å². The number of hydrogen-bond acceptors (Lipinski definition) is 8. The number of pyridine rings is 2. The van der Waals surface area contributed by atoms with Gasteiger partial charge in [-0.25, -0.2) is 29.9 Å². The highest BCUT2D eigenvalue weighted by Crippen LogP contribution is 2.50. The van der Waals surface area contributed by atoms with Crippen molar-refractivity contribution < 1.29 is 8.83 Å². The average molecular weight is 1610 g/mol. The highest BCUT2D eigenvalue weighted by atomic mass is 16.3. The van der Waals surface area contributed by atoms with Crippen molar-refractivity contribution >= 4 is 87.2 Å². The topological polar surface area (TPSA) is 104 Å². The summed E-state index contributed by atoms with van der Waals surface area (Å²) < 4.78 is 13.2. The monoisotopic (exact) mass is 1610 g/mol. The van der Waals surface area contributed by atoms with Crippen molar-refractivity contribution in [2.45, 2.75) is 0 Å². The van der Waals surface area contributed by atoms with E-state index < -0.39 is 0 Å². The van der Waals surface area contributed by atoms with Crippen molar-refractivity contribution in [1.82, 2.24) is 29.9 Å². The summed E-state index contributed by atoms with van der Waals surface area (Å²) in [6, 6.07) is 157. The van der Waals surface area contributed by atoms with Crippen molar-refractivity contribution in [1.29, 1.82) is 0 Å². The Hall–Kier alpha value is -16.9. The Morgan fingerprint density at radius 1 is 0.143 bits per heavy atom. The van der Waals surface area contributed by atoms with Crippen LogP contribution in [0.25, 0.3) is 244 Å². The number of furan rings is 2. The maximum absolute atomic E-state index is 6.59. The van der Waals surface area contributed by atoms with Gasteiger partial charge in [0.25, 0.3) is 0 Å². The van der Waals surface area contributed by atoms with Crippen LogP contribution in [0.5, 0.6) is 0 Å². The van der Waals surface area contributed by atoms with Gasteiger partial charge in [0.2, 0.25) is 0 Å². The average Bonchev–Trinajstić information content (AvgIpc) is 1.44. The SMILES string of the molecule is c1ccc(-c2ccc(-c3nc(-c4ccccc4)cc(-c4ccc(-c5ccc(-c6nc7ccccc7c7c(-c8ccccc8)c8c(cc67)oc6ccccc68)cc5)cc4)n3)cc2)cc1.c1ccc(-c2cccc(-c3nc(-c4ccccc4)cc(-c4ccc(-c5ccc(-c6nc7ccccc7c7c(-c8ccccc8)c8c(cc67)oc6ccccc68)cc5)cc4)n3)c2)cc1. The van der Waals surface area contributed by atoms with Gasteiger partial charge >= 0.3 is 0 Å². The first kappa shape index (κ1) is 74.1. The summed E-state index contributed by atoms with van der Waals surface area (Å²) in [5, 5.41) is 11.2. The predicted octanol–water partition coefficient (Wildman–Crippen LogP) is 31.5. The van der Waals surface area contributed by atoms with Crippen molar-refractivity contribution in [3.05, 3.63) is 449 Å². The summed E-state index contributed by atoms with van der Waals surface area (Å²) in [6.07, 6.45) is 0. The first-order chi connectivity index (χ1) is 62.4. The number of nitrogens with zero attached hydrogens (tertiary/aromatic N) is 6.